The molecule has 100 valence electrons. The number of fused-ring (bicyclic) bond motifs is 1. The van der Waals surface area contributed by atoms with Gasteiger partial charge in [-0.1, -0.05) is 35.9 Å². The second-order valence-corrected chi connectivity index (χ2v) is 5.22. The molecule has 0 aliphatic heterocycles. The number of hydrogen-bond donors (Lipinski definition) is 1. The zero-order valence-electron chi connectivity index (χ0n) is 11.2. The van der Waals surface area contributed by atoms with E-state index in [0.29, 0.717) is 0 Å². The Morgan fingerprint density at radius 3 is 2.85 bits per heavy atom. The highest BCUT2D eigenvalue weighted by atomic mass is 35.5. The Labute approximate surface area is 123 Å². The van der Waals surface area contributed by atoms with Crippen LogP contribution in [0.1, 0.15) is 11.1 Å². The van der Waals surface area contributed by atoms with Crippen molar-refractivity contribution in [3.05, 3.63) is 70.9 Å². The predicted octanol–water partition coefficient (Wildman–Crippen LogP) is 4.81. The summed E-state index contributed by atoms with van der Waals surface area (Å²) < 4.78 is 0. The molecule has 1 N–H and O–H groups in total. The van der Waals surface area contributed by atoms with E-state index in [9.17, 15) is 0 Å². The van der Waals surface area contributed by atoms with Crippen LogP contribution in [0.15, 0.2) is 54.7 Å². The van der Waals surface area contributed by atoms with Crippen molar-refractivity contribution >= 4 is 28.2 Å². The topological polar surface area (TPSA) is 24.9 Å². The van der Waals surface area contributed by atoms with E-state index in [1.165, 1.54) is 5.56 Å². The van der Waals surface area contributed by atoms with Crippen LogP contribution in [0.2, 0.25) is 5.02 Å². The molecule has 0 radical (unpaired) electrons. The van der Waals surface area contributed by atoms with Gasteiger partial charge in [-0.15, -0.1) is 0 Å². The fourth-order valence-corrected chi connectivity index (χ4v) is 2.57. The van der Waals surface area contributed by atoms with E-state index >= 15 is 0 Å². The monoisotopic (exact) mass is 282 g/mol. The summed E-state index contributed by atoms with van der Waals surface area (Å²) in [6.07, 6.45) is 1.81. The van der Waals surface area contributed by atoms with Gasteiger partial charge in [0.15, 0.2) is 0 Å². The highest BCUT2D eigenvalue weighted by molar-refractivity contribution is 6.33. The number of benzene rings is 2. The maximum Gasteiger partial charge on any atom is 0.0702 e. The van der Waals surface area contributed by atoms with Crippen molar-refractivity contribution in [1.82, 2.24) is 4.98 Å². The lowest BCUT2D eigenvalue weighted by molar-refractivity contribution is 1.14. The molecular formula is C17H15ClN2. The van der Waals surface area contributed by atoms with Crippen LogP contribution < -0.4 is 5.32 Å². The molecule has 0 saturated carbocycles. The van der Waals surface area contributed by atoms with Crippen LogP contribution in [0.4, 0.5) is 5.69 Å². The molecule has 0 unspecified atom stereocenters. The Hall–Kier alpha value is -2.06. The summed E-state index contributed by atoms with van der Waals surface area (Å²) in [4.78, 5) is 4.33. The third kappa shape index (κ3) is 2.61. The van der Waals surface area contributed by atoms with Gasteiger partial charge in [0.05, 0.1) is 16.2 Å². The molecule has 0 amide bonds. The lowest BCUT2D eigenvalue weighted by Crippen LogP contribution is -2.01. The molecule has 1 heterocycles. The first-order valence-corrected chi connectivity index (χ1v) is 6.94. The van der Waals surface area contributed by atoms with Gasteiger partial charge in [-0.3, -0.25) is 4.98 Å². The van der Waals surface area contributed by atoms with E-state index in [1.807, 2.05) is 30.5 Å². The lowest BCUT2D eigenvalue weighted by Gasteiger charge is -2.11. The van der Waals surface area contributed by atoms with Gasteiger partial charge < -0.3 is 5.32 Å². The third-order valence-electron chi connectivity index (χ3n) is 3.36. The Balaban J connectivity index is 1.83. The first-order valence-electron chi connectivity index (χ1n) is 6.57. The molecular weight excluding hydrogens is 268 g/mol. The number of aromatic nitrogens is 1. The summed E-state index contributed by atoms with van der Waals surface area (Å²) in [5.74, 6) is 0. The molecule has 3 aromatic rings. The molecule has 0 fully saturated rings. The number of rotatable bonds is 3. The average molecular weight is 283 g/mol. The summed E-state index contributed by atoms with van der Waals surface area (Å²) >= 11 is 6.22. The van der Waals surface area contributed by atoms with E-state index in [1.54, 1.807) is 0 Å². The Morgan fingerprint density at radius 2 is 2.00 bits per heavy atom. The summed E-state index contributed by atoms with van der Waals surface area (Å²) in [5.41, 5.74) is 4.38. The predicted molar refractivity (Wildman–Crippen MR) is 85.3 cm³/mol. The average Bonchev–Trinajstić information content (AvgIpc) is 2.46. The van der Waals surface area contributed by atoms with Crippen molar-refractivity contribution in [2.75, 3.05) is 5.32 Å². The summed E-state index contributed by atoms with van der Waals surface area (Å²) in [6.45, 7) is 2.80. The number of pyridine rings is 1. The van der Waals surface area contributed by atoms with E-state index < -0.39 is 0 Å². The molecule has 0 saturated heterocycles. The number of hydrogen-bond acceptors (Lipinski definition) is 2. The van der Waals surface area contributed by atoms with Crippen LogP contribution in [0, 0.1) is 6.92 Å². The third-order valence-corrected chi connectivity index (χ3v) is 3.67. The van der Waals surface area contributed by atoms with Crippen LogP contribution in [0.3, 0.4) is 0 Å². The van der Waals surface area contributed by atoms with E-state index in [4.69, 9.17) is 11.6 Å². The van der Waals surface area contributed by atoms with Crippen LogP contribution in [0.25, 0.3) is 10.9 Å². The highest BCUT2D eigenvalue weighted by Crippen LogP contribution is 2.26. The SMILES string of the molecule is Cc1cccc(Cl)c1NCc1ccc2ncccc2c1. The van der Waals surface area contributed by atoms with Crippen molar-refractivity contribution in [3.8, 4) is 0 Å². The van der Waals surface area contributed by atoms with Crippen LogP contribution in [0.5, 0.6) is 0 Å². The largest absolute Gasteiger partial charge is 0.380 e. The number of para-hydroxylation sites is 1. The van der Waals surface area contributed by atoms with Crippen LogP contribution in [-0.2, 0) is 6.54 Å². The minimum absolute atomic E-state index is 0.745. The van der Waals surface area contributed by atoms with Gasteiger partial charge in [0, 0.05) is 18.1 Å². The van der Waals surface area contributed by atoms with Crippen molar-refractivity contribution in [2.24, 2.45) is 0 Å². The standard InChI is InChI=1S/C17H15ClN2/c1-12-4-2-6-15(18)17(12)20-11-13-7-8-16-14(10-13)5-3-9-19-16/h2-10,20H,11H2,1H3. The first-order chi connectivity index (χ1) is 9.74. The molecule has 0 atom stereocenters. The van der Waals surface area contributed by atoms with Gasteiger partial charge in [-0.2, -0.15) is 0 Å². The number of anilines is 1. The summed E-state index contributed by atoms with van der Waals surface area (Å²) in [6, 6.07) is 16.2. The molecule has 0 spiro atoms. The second-order valence-electron chi connectivity index (χ2n) is 4.82. The fourth-order valence-electron chi connectivity index (χ4n) is 2.28. The molecule has 2 nitrogen and oxygen atoms in total. The van der Waals surface area contributed by atoms with Crippen LogP contribution >= 0.6 is 11.6 Å². The van der Waals surface area contributed by atoms with Gasteiger partial charge in [0.2, 0.25) is 0 Å². The molecule has 3 rings (SSSR count). The van der Waals surface area contributed by atoms with Crippen molar-refractivity contribution in [2.45, 2.75) is 13.5 Å². The normalized spacial score (nSPS) is 10.7. The Morgan fingerprint density at radius 1 is 1.10 bits per heavy atom. The van der Waals surface area contributed by atoms with Crippen LogP contribution in [-0.4, -0.2) is 4.98 Å². The molecule has 20 heavy (non-hydrogen) atoms. The lowest BCUT2D eigenvalue weighted by atomic mass is 10.1. The number of nitrogens with one attached hydrogen (secondary N) is 1. The zero-order chi connectivity index (χ0) is 13.9. The van der Waals surface area contributed by atoms with Crippen molar-refractivity contribution < 1.29 is 0 Å². The first kappa shape index (κ1) is 12.9. The molecule has 0 aliphatic carbocycles. The second kappa shape index (κ2) is 5.51. The highest BCUT2D eigenvalue weighted by Gasteiger charge is 2.03. The smallest absolute Gasteiger partial charge is 0.0702 e. The van der Waals surface area contributed by atoms with Crippen molar-refractivity contribution in [3.63, 3.8) is 0 Å². The van der Waals surface area contributed by atoms with Gasteiger partial charge in [0.1, 0.15) is 0 Å². The molecule has 0 bridgehead atoms. The molecule has 0 aliphatic rings. The van der Waals surface area contributed by atoms with Gasteiger partial charge >= 0.3 is 0 Å². The van der Waals surface area contributed by atoms with Gasteiger partial charge in [-0.25, -0.2) is 0 Å². The van der Waals surface area contributed by atoms with Crippen molar-refractivity contribution in [1.29, 1.82) is 0 Å². The minimum Gasteiger partial charge on any atom is -0.380 e. The van der Waals surface area contributed by atoms with E-state index in [2.05, 4.69) is 41.5 Å². The summed E-state index contributed by atoms with van der Waals surface area (Å²) in [7, 11) is 0. The van der Waals surface area contributed by atoms with Gasteiger partial charge in [0.25, 0.3) is 0 Å². The fraction of sp³-hybridized carbons (Fsp3) is 0.118. The van der Waals surface area contributed by atoms with E-state index in [-0.39, 0.29) is 0 Å². The Bertz CT molecular complexity index is 733. The zero-order valence-corrected chi connectivity index (χ0v) is 12.0. The molecule has 1 aromatic heterocycles. The Kier molecular flexibility index (Phi) is 3.57. The minimum atomic E-state index is 0.745. The van der Waals surface area contributed by atoms with E-state index in [0.717, 1.165) is 33.7 Å². The molecule has 3 heteroatoms. The number of nitrogens with zero attached hydrogens (tertiary/aromatic N) is 1. The maximum atomic E-state index is 6.22. The quantitative estimate of drug-likeness (QED) is 0.746. The summed E-state index contributed by atoms with van der Waals surface area (Å²) in [5, 5.41) is 5.32. The van der Waals surface area contributed by atoms with Gasteiger partial charge in [-0.05, 0) is 42.3 Å². The maximum absolute atomic E-state index is 6.22. The number of halogens is 1. The number of aryl methyl sites for hydroxylation is 1. The molecule has 2 aromatic carbocycles.